The number of thiocarbonyl (C=S) groups is 1. The lowest BCUT2D eigenvalue weighted by Gasteiger charge is -2.24. The summed E-state index contributed by atoms with van der Waals surface area (Å²) >= 11 is 25.7. The Kier molecular flexibility index (Phi) is 7.77. The van der Waals surface area contributed by atoms with Gasteiger partial charge in [-0.15, -0.1) is 11.3 Å². The Hall–Kier alpha value is -1.31. The number of hydrogen-bond acceptors (Lipinski definition) is 3. The molecule has 3 aromatic rings. The smallest absolute Gasteiger partial charge is 0.166 e. The molecule has 2 N–H and O–H groups in total. The topological polar surface area (TPSA) is 41.9 Å². The van der Waals surface area contributed by atoms with Crippen molar-refractivity contribution in [1.29, 1.82) is 0 Å². The predicted octanol–water partition coefficient (Wildman–Crippen LogP) is 6.92. The normalized spacial score (nSPS) is 14.5. The molecule has 1 aromatic carbocycles. The monoisotopic (exact) mass is 512 g/mol. The van der Waals surface area contributed by atoms with Crippen LogP contribution in [0, 0.1) is 0 Å². The second kappa shape index (κ2) is 10.5. The summed E-state index contributed by atoms with van der Waals surface area (Å²) in [6.07, 6.45) is 6.22. The van der Waals surface area contributed by atoms with Gasteiger partial charge >= 0.3 is 0 Å². The minimum Gasteiger partial charge on any atom is -0.360 e. The van der Waals surface area contributed by atoms with E-state index in [1.54, 1.807) is 6.07 Å². The Bertz CT molecular complexity index is 1060. The van der Waals surface area contributed by atoms with E-state index in [2.05, 4.69) is 16.7 Å². The summed E-state index contributed by atoms with van der Waals surface area (Å²) in [6, 6.07) is 12.0. The first-order chi connectivity index (χ1) is 15.0. The van der Waals surface area contributed by atoms with Gasteiger partial charge in [0.2, 0.25) is 0 Å². The summed E-state index contributed by atoms with van der Waals surface area (Å²) in [4.78, 5) is 1.05. The lowest BCUT2D eigenvalue weighted by Crippen LogP contribution is -2.42. The summed E-state index contributed by atoms with van der Waals surface area (Å²) in [5, 5.41) is 13.5. The third-order valence-corrected chi connectivity index (χ3v) is 7.46. The number of nitrogens with one attached hydrogen (secondary N) is 2. The summed E-state index contributed by atoms with van der Waals surface area (Å²) in [6.45, 7) is 1.08. The van der Waals surface area contributed by atoms with Crippen LogP contribution >= 0.6 is 58.4 Å². The largest absolute Gasteiger partial charge is 0.360 e. The van der Waals surface area contributed by atoms with Gasteiger partial charge in [0.25, 0.3) is 0 Å². The summed E-state index contributed by atoms with van der Waals surface area (Å²) in [5.41, 5.74) is 2.84. The second-order valence-electron chi connectivity index (χ2n) is 7.68. The lowest BCUT2D eigenvalue weighted by molar-refractivity contribution is 0.412. The summed E-state index contributed by atoms with van der Waals surface area (Å²) < 4.78 is 2.69. The van der Waals surface area contributed by atoms with Crippen molar-refractivity contribution in [3.8, 4) is 10.6 Å². The number of hydrogen-bond donors (Lipinski definition) is 2. The van der Waals surface area contributed by atoms with Gasteiger partial charge in [-0.25, -0.2) is 0 Å². The van der Waals surface area contributed by atoms with E-state index in [9.17, 15) is 0 Å². The Morgan fingerprint density at radius 2 is 1.90 bits per heavy atom. The number of nitrogens with zero attached hydrogens (tertiary/aromatic N) is 2. The molecule has 0 bridgehead atoms. The molecule has 0 radical (unpaired) electrons. The highest BCUT2D eigenvalue weighted by Crippen LogP contribution is 2.32. The fourth-order valence-electron chi connectivity index (χ4n) is 3.79. The van der Waals surface area contributed by atoms with E-state index in [4.69, 9.17) is 52.1 Å². The molecular weight excluding hydrogens is 491 g/mol. The Labute approximate surface area is 206 Å². The lowest BCUT2D eigenvalue weighted by atomic mass is 9.96. The third-order valence-electron chi connectivity index (χ3n) is 5.36. The van der Waals surface area contributed by atoms with Crippen LogP contribution in [0.1, 0.15) is 43.4 Å². The van der Waals surface area contributed by atoms with Gasteiger partial charge in [-0.2, -0.15) is 5.10 Å². The molecule has 9 heteroatoms. The molecular formula is C22H23Cl3N4S2. The van der Waals surface area contributed by atoms with Crippen LogP contribution in [-0.4, -0.2) is 20.9 Å². The van der Waals surface area contributed by atoms with Crippen LogP contribution in [0.5, 0.6) is 0 Å². The molecule has 31 heavy (non-hydrogen) atoms. The minimum atomic E-state index is 0.474. The van der Waals surface area contributed by atoms with E-state index < -0.39 is 0 Å². The van der Waals surface area contributed by atoms with Gasteiger partial charge in [0.05, 0.1) is 33.7 Å². The quantitative estimate of drug-likeness (QED) is 0.351. The van der Waals surface area contributed by atoms with Gasteiger partial charge < -0.3 is 10.6 Å². The zero-order valence-corrected chi connectivity index (χ0v) is 20.7. The highest BCUT2D eigenvalue weighted by Gasteiger charge is 2.16. The van der Waals surface area contributed by atoms with Crippen molar-refractivity contribution < 1.29 is 0 Å². The van der Waals surface area contributed by atoms with Crippen LogP contribution in [0.15, 0.2) is 36.4 Å². The molecule has 0 saturated heterocycles. The maximum Gasteiger partial charge on any atom is 0.166 e. The van der Waals surface area contributed by atoms with E-state index in [-0.39, 0.29) is 0 Å². The standard InChI is InChI=1S/C22H23Cl3N4S2/c23-15-7-6-14(18(24)10-15)13-29-19(20-8-9-21(25)31-20)11-17(28-29)12-26-22(30)27-16-4-2-1-3-5-16/h6-11,16H,1-5,12-13H2,(H2,26,27,30). The van der Waals surface area contributed by atoms with Gasteiger partial charge in [-0.3, -0.25) is 4.68 Å². The third kappa shape index (κ3) is 6.14. The van der Waals surface area contributed by atoms with Crippen molar-refractivity contribution in [2.24, 2.45) is 0 Å². The number of aromatic nitrogens is 2. The SMILES string of the molecule is S=C(NCc1cc(-c2ccc(Cl)s2)n(Cc2ccc(Cl)cc2Cl)n1)NC1CCCCC1. The highest BCUT2D eigenvalue weighted by molar-refractivity contribution is 7.80. The molecule has 1 aliphatic rings. The first kappa shape index (κ1) is 22.9. The summed E-state index contributed by atoms with van der Waals surface area (Å²) in [5.74, 6) is 0. The van der Waals surface area contributed by atoms with Gasteiger partial charge in [-0.05, 0) is 61.0 Å². The van der Waals surface area contributed by atoms with Crippen molar-refractivity contribution >= 4 is 63.5 Å². The van der Waals surface area contributed by atoms with Crippen LogP contribution in [-0.2, 0) is 13.1 Å². The molecule has 1 fully saturated rings. The van der Waals surface area contributed by atoms with E-state index in [1.807, 2.05) is 28.9 Å². The molecule has 1 aliphatic carbocycles. The first-order valence-corrected chi connectivity index (χ1v) is 12.6. The van der Waals surface area contributed by atoms with Crippen LogP contribution in [0.2, 0.25) is 14.4 Å². The number of halogens is 3. The first-order valence-electron chi connectivity index (χ1n) is 10.3. The van der Waals surface area contributed by atoms with Gasteiger partial charge in [0.15, 0.2) is 5.11 Å². The molecule has 4 nitrogen and oxygen atoms in total. The Balaban J connectivity index is 1.49. The molecule has 4 rings (SSSR count). The minimum absolute atomic E-state index is 0.474. The Morgan fingerprint density at radius 3 is 2.61 bits per heavy atom. The van der Waals surface area contributed by atoms with E-state index in [0.29, 0.717) is 34.3 Å². The average Bonchev–Trinajstić information content (AvgIpc) is 3.35. The summed E-state index contributed by atoms with van der Waals surface area (Å²) in [7, 11) is 0. The number of rotatable bonds is 6. The fraction of sp³-hybridized carbons (Fsp3) is 0.364. The van der Waals surface area contributed by atoms with Gasteiger partial charge in [-0.1, -0.05) is 60.1 Å². The van der Waals surface area contributed by atoms with E-state index in [1.165, 1.54) is 43.4 Å². The van der Waals surface area contributed by atoms with Crippen molar-refractivity contribution in [2.75, 3.05) is 0 Å². The maximum absolute atomic E-state index is 6.40. The molecule has 0 spiro atoms. The molecule has 1 saturated carbocycles. The number of benzene rings is 1. The average molecular weight is 514 g/mol. The molecule has 0 atom stereocenters. The van der Waals surface area contributed by atoms with Gasteiger partial charge in [0, 0.05) is 16.1 Å². The zero-order valence-electron chi connectivity index (χ0n) is 16.8. The number of thiophene rings is 1. The molecule has 0 aliphatic heterocycles. The van der Waals surface area contributed by atoms with Crippen LogP contribution < -0.4 is 10.6 Å². The molecule has 2 aromatic heterocycles. The molecule has 0 unspecified atom stereocenters. The van der Waals surface area contributed by atoms with E-state index in [0.717, 1.165) is 26.2 Å². The highest BCUT2D eigenvalue weighted by atomic mass is 35.5. The van der Waals surface area contributed by atoms with Crippen LogP contribution in [0.3, 0.4) is 0 Å². The molecule has 0 amide bonds. The predicted molar refractivity (Wildman–Crippen MR) is 136 cm³/mol. The van der Waals surface area contributed by atoms with Gasteiger partial charge in [0.1, 0.15) is 0 Å². The molecule has 2 heterocycles. The Morgan fingerprint density at radius 1 is 1.10 bits per heavy atom. The van der Waals surface area contributed by atoms with Crippen molar-refractivity contribution in [2.45, 2.75) is 51.2 Å². The molecule has 164 valence electrons. The van der Waals surface area contributed by atoms with Crippen molar-refractivity contribution in [3.05, 3.63) is 62.0 Å². The zero-order chi connectivity index (χ0) is 21.8. The second-order valence-corrected chi connectivity index (χ2v) is 10.6. The van der Waals surface area contributed by atoms with E-state index >= 15 is 0 Å². The maximum atomic E-state index is 6.40. The fourth-order valence-corrected chi connectivity index (χ4v) is 5.56. The van der Waals surface area contributed by atoms with Crippen LogP contribution in [0.25, 0.3) is 10.6 Å². The van der Waals surface area contributed by atoms with Crippen LogP contribution in [0.4, 0.5) is 0 Å². The van der Waals surface area contributed by atoms with Crippen molar-refractivity contribution in [1.82, 2.24) is 20.4 Å². The van der Waals surface area contributed by atoms with Crippen molar-refractivity contribution in [3.63, 3.8) is 0 Å².